The number of amides is 2. The average molecular weight is 365 g/mol. The summed E-state index contributed by atoms with van der Waals surface area (Å²) in [7, 11) is 0. The van der Waals surface area contributed by atoms with E-state index >= 15 is 0 Å². The van der Waals surface area contributed by atoms with Crippen LogP contribution < -0.4 is 10.6 Å². The lowest BCUT2D eigenvalue weighted by atomic mass is 9.97. The molecule has 0 bridgehead atoms. The van der Waals surface area contributed by atoms with Gasteiger partial charge in [-0.1, -0.05) is 13.3 Å². The highest BCUT2D eigenvalue weighted by Gasteiger charge is 2.34. The SMILES string of the molecule is CCCC(C)(NC(=O)Nc1cc(F)c(Br)cc1F)C(=O)O. The van der Waals surface area contributed by atoms with Gasteiger partial charge in [0.2, 0.25) is 0 Å². The van der Waals surface area contributed by atoms with Crippen molar-refractivity contribution in [1.29, 1.82) is 0 Å². The van der Waals surface area contributed by atoms with Crippen LogP contribution in [0.3, 0.4) is 0 Å². The summed E-state index contributed by atoms with van der Waals surface area (Å²) in [4.78, 5) is 23.0. The maximum absolute atomic E-state index is 13.6. The number of rotatable bonds is 5. The first-order valence-electron chi connectivity index (χ1n) is 6.16. The van der Waals surface area contributed by atoms with Crippen LogP contribution in [-0.4, -0.2) is 22.6 Å². The number of aliphatic carboxylic acids is 1. The van der Waals surface area contributed by atoms with Crippen molar-refractivity contribution in [2.45, 2.75) is 32.2 Å². The molecule has 5 nitrogen and oxygen atoms in total. The first-order valence-corrected chi connectivity index (χ1v) is 6.96. The summed E-state index contributed by atoms with van der Waals surface area (Å²) in [5, 5.41) is 13.5. The van der Waals surface area contributed by atoms with Crippen molar-refractivity contribution in [3.8, 4) is 0 Å². The van der Waals surface area contributed by atoms with E-state index < -0.39 is 29.2 Å². The van der Waals surface area contributed by atoms with Crippen molar-refractivity contribution in [1.82, 2.24) is 5.32 Å². The lowest BCUT2D eigenvalue weighted by molar-refractivity contribution is -0.143. The fraction of sp³-hybridized carbons (Fsp3) is 0.385. The van der Waals surface area contributed by atoms with E-state index in [0.29, 0.717) is 6.42 Å². The fourth-order valence-electron chi connectivity index (χ4n) is 1.75. The fourth-order valence-corrected chi connectivity index (χ4v) is 2.06. The van der Waals surface area contributed by atoms with Crippen LogP contribution in [0.4, 0.5) is 19.3 Å². The number of hydrogen-bond donors (Lipinski definition) is 3. The standard InChI is InChI=1S/C13H15BrF2N2O3/c1-3-4-13(2,11(19)20)18-12(21)17-10-6-8(15)7(14)5-9(10)16/h5-6H,3-4H2,1-2H3,(H,19,20)(H2,17,18,21). The molecule has 1 atom stereocenters. The van der Waals surface area contributed by atoms with Gasteiger partial charge in [-0.3, -0.25) is 0 Å². The molecule has 0 aliphatic rings. The molecule has 21 heavy (non-hydrogen) atoms. The van der Waals surface area contributed by atoms with Gasteiger partial charge in [0.25, 0.3) is 0 Å². The van der Waals surface area contributed by atoms with E-state index in [1.165, 1.54) is 6.92 Å². The number of benzene rings is 1. The van der Waals surface area contributed by atoms with Gasteiger partial charge in [0.1, 0.15) is 17.2 Å². The van der Waals surface area contributed by atoms with Crippen molar-refractivity contribution in [2.75, 3.05) is 5.32 Å². The highest BCUT2D eigenvalue weighted by molar-refractivity contribution is 9.10. The van der Waals surface area contributed by atoms with Gasteiger partial charge in [-0.25, -0.2) is 18.4 Å². The predicted molar refractivity (Wildman–Crippen MR) is 77.2 cm³/mol. The van der Waals surface area contributed by atoms with Crippen molar-refractivity contribution < 1.29 is 23.5 Å². The number of nitrogens with one attached hydrogen (secondary N) is 2. The summed E-state index contributed by atoms with van der Waals surface area (Å²) in [6.07, 6.45) is 0.733. The highest BCUT2D eigenvalue weighted by atomic mass is 79.9. The van der Waals surface area contributed by atoms with Crippen LogP contribution in [0, 0.1) is 11.6 Å². The second-order valence-electron chi connectivity index (χ2n) is 4.71. The van der Waals surface area contributed by atoms with Crippen LogP contribution in [0.25, 0.3) is 0 Å². The molecule has 0 aliphatic carbocycles. The summed E-state index contributed by atoms with van der Waals surface area (Å²) >= 11 is 2.81. The molecular weight excluding hydrogens is 350 g/mol. The number of hydrogen-bond acceptors (Lipinski definition) is 2. The Labute approximate surface area is 128 Å². The van der Waals surface area contributed by atoms with Gasteiger partial charge in [0.15, 0.2) is 0 Å². The van der Waals surface area contributed by atoms with E-state index in [4.69, 9.17) is 5.11 Å². The monoisotopic (exact) mass is 364 g/mol. The highest BCUT2D eigenvalue weighted by Crippen LogP contribution is 2.23. The zero-order valence-electron chi connectivity index (χ0n) is 11.5. The van der Waals surface area contributed by atoms with Crippen molar-refractivity contribution in [3.63, 3.8) is 0 Å². The smallest absolute Gasteiger partial charge is 0.329 e. The number of carboxylic acid groups (broad SMARTS) is 1. The van der Waals surface area contributed by atoms with Gasteiger partial charge >= 0.3 is 12.0 Å². The van der Waals surface area contributed by atoms with Crippen LogP contribution >= 0.6 is 15.9 Å². The lowest BCUT2D eigenvalue weighted by Gasteiger charge is -2.25. The molecule has 2 amide bonds. The summed E-state index contributed by atoms with van der Waals surface area (Å²) in [6.45, 7) is 3.11. The Morgan fingerprint density at radius 2 is 1.95 bits per heavy atom. The van der Waals surface area contributed by atoms with Gasteiger partial charge < -0.3 is 15.7 Å². The number of anilines is 1. The minimum absolute atomic E-state index is 0.0766. The molecule has 0 saturated carbocycles. The topological polar surface area (TPSA) is 78.4 Å². The van der Waals surface area contributed by atoms with E-state index in [9.17, 15) is 18.4 Å². The van der Waals surface area contributed by atoms with Gasteiger partial charge in [0, 0.05) is 6.07 Å². The summed E-state index contributed by atoms with van der Waals surface area (Å²) in [6, 6.07) is 0.749. The lowest BCUT2D eigenvalue weighted by Crippen LogP contribution is -2.53. The summed E-state index contributed by atoms with van der Waals surface area (Å²) in [5.41, 5.74) is -1.86. The molecule has 0 fully saturated rings. The number of halogens is 3. The molecule has 0 radical (unpaired) electrons. The normalized spacial score (nSPS) is 13.4. The third-order valence-corrected chi connectivity index (χ3v) is 3.48. The second kappa shape index (κ2) is 6.84. The Hall–Kier alpha value is -1.70. The number of carbonyl (C=O) groups excluding carboxylic acids is 1. The zero-order valence-corrected chi connectivity index (χ0v) is 13.1. The number of carboxylic acids is 1. The first kappa shape index (κ1) is 17.4. The zero-order chi connectivity index (χ0) is 16.2. The van der Waals surface area contributed by atoms with E-state index in [-0.39, 0.29) is 16.6 Å². The number of carbonyl (C=O) groups is 2. The minimum atomic E-state index is -1.48. The van der Waals surface area contributed by atoms with Crippen LogP contribution in [-0.2, 0) is 4.79 Å². The first-order chi connectivity index (χ1) is 9.69. The molecule has 0 spiro atoms. The molecule has 0 heterocycles. The van der Waals surface area contributed by atoms with Crippen LogP contribution in [0.5, 0.6) is 0 Å². The van der Waals surface area contributed by atoms with Crippen molar-refractivity contribution in [2.24, 2.45) is 0 Å². The molecule has 1 aromatic rings. The Morgan fingerprint density at radius 1 is 1.33 bits per heavy atom. The molecule has 0 aliphatic heterocycles. The molecule has 1 rings (SSSR count). The summed E-state index contributed by atoms with van der Waals surface area (Å²) < 4.78 is 26.8. The Kier molecular flexibility index (Phi) is 5.65. The maximum atomic E-state index is 13.6. The van der Waals surface area contributed by atoms with E-state index in [1.54, 1.807) is 6.92 Å². The van der Waals surface area contributed by atoms with Crippen molar-refractivity contribution in [3.05, 3.63) is 28.2 Å². The third-order valence-electron chi connectivity index (χ3n) is 2.87. The molecule has 1 unspecified atom stereocenters. The Morgan fingerprint density at radius 3 is 2.48 bits per heavy atom. The van der Waals surface area contributed by atoms with E-state index in [0.717, 1.165) is 12.1 Å². The molecule has 1 aromatic carbocycles. The molecule has 8 heteroatoms. The molecular formula is C13H15BrF2N2O3. The van der Waals surface area contributed by atoms with Crippen LogP contribution in [0.15, 0.2) is 16.6 Å². The quantitative estimate of drug-likeness (QED) is 0.699. The predicted octanol–water partition coefficient (Wildman–Crippen LogP) is 3.49. The van der Waals surface area contributed by atoms with Crippen LogP contribution in [0.2, 0.25) is 0 Å². The molecule has 116 valence electrons. The third kappa shape index (κ3) is 4.38. The average Bonchev–Trinajstić information content (AvgIpc) is 2.35. The van der Waals surface area contributed by atoms with Gasteiger partial charge in [-0.15, -0.1) is 0 Å². The van der Waals surface area contributed by atoms with Gasteiger partial charge in [0.05, 0.1) is 10.2 Å². The van der Waals surface area contributed by atoms with Gasteiger partial charge in [-0.05, 0) is 35.3 Å². The van der Waals surface area contributed by atoms with E-state index in [2.05, 4.69) is 26.6 Å². The second-order valence-corrected chi connectivity index (χ2v) is 5.57. The van der Waals surface area contributed by atoms with E-state index in [1.807, 2.05) is 0 Å². The molecule has 0 saturated heterocycles. The van der Waals surface area contributed by atoms with Crippen molar-refractivity contribution >= 4 is 33.6 Å². The largest absolute Gasteiger partial charge is 0.480 e. The van der Waals surface area contributed by atoms with Crippen LogP contribution in [0.1, 0.15) is 26.7 Å². The van der Waals surface area contributed by atoms with Gasteiger partial charge in [-0.2, -0.15) is 0 Å². The Balaban J connectivity index is 2.87. The maximum Gasteiger partial charge on any atom is 0.329 e. The molecule has 3 N–H and O–H groups in total. The summed E-state index contributed by atoms with van der Waals surface area (Å²) in [5.74, 6) is -2.80. The minimum Gasteiger partial charge on any atom is -0.480 e. The molecule has 0 aromatic heterocycles. The Bertz CT molecular complexity index is 569. The number of urea groups is 1.